The molecule has 0 unspecified atom stereocenters. The number of pyridine rings is 1. The van der Waals surface area contributed by atoms with Crippen molar-refractivity contribution in [2.45, 2.75) is 19.3 Å². The van der Waals surface area contributed by atoms with Gasteiger partial charge in [0, 0.05) is 30.3 Å². The number of ketones is 1. The quantitative estimate of drug-likeness (QED) is 0.542. The number of ether oxygens (including phenoxy) is 1. The first-order valence-electron chi connectivity index (χ1n) is 5.14. The summed E-state index contributed by atoms with van der Waals surface area (Å²) in [4.78, 5) is 36.7. The highest BCUT2D eigenvalue weighted by molar-refractivity contribution is 5.84. The summed E-state index contributed by atoms with van der Waals surface area (Å²) < 4.78 is 4.44. The molecule has 1 rings (SSSR count). The molecule has 0 bridgehead atoms. The molecule has 5 nitrogen and oxygen atoms in total. The molecule has 5 heteroatoms. The van der Waals surface area contributed by atoms with Gasteiger partial charge in [-0.15, -0.1) is 0 Å². The minimum Gasteiger partial charge on any atom is -0.469 e. The lowest BCUT2D eigenvalue weighted by Gasteiger charge is -2.00. The third-order valence-corrected chi connectivity index (χ3v) is 2.20. The van der Waals surface area contributed by atoms with Crippen LogP contribution < -0.4 is 0 Å². The topological polar surface area (TPSA) is 73.3 Å². The van der Waals surface area contributed by atoms with Crippen LogP contribution >= 0.6 is 0 Å². The normalized spacial score (nSPS) is 9.71. The van der Waals surface area contributed by atoms with Gasteiger partial charge in [0.25, 0.3) is 0 Å². The van der Waals surface area contributed by atoms with Gasteiger partial charge < -0.3 is 4.74 Å². The molecule has 0 aromatic carbocycles. The first-order chi connectivity index (χ1) is 8.15. The standard InChI is InChI=1S/C12H13NO4/c1-17-12(16)5-4-11(15)6-10-3-2-9(8-14)7-13-10/h2-3,7-8H,4-6H2,1H3. The van der Waals surface area contributed by atoms with E-state index in [1.165, 1.54) is 13.3 Å². The number of aromatic nitrogens is 1. The van der Waals surface area contributed by atoms with Crippen LogP contribution in [0, 0.1) is 0 Å². The fourth-order valence-corrected chi connectivity index (χ4v) is 1.24. The summed E-state index contributed by atoms with van der Waals surface area (Å²) >= 11 is 0. The van der Waals surface area contributed by atoms with Crippen LogP contribution in [0.15, 0.2) is 18.3 Å². The number of esters is 1. The van der Waals surface area contributed by atoms with Crippen LogP contribution in [-0.4, -0.2) is 30.1 Å². The fraction of sp³-hybridized carbons (Fsp3) is 0.333. The van der Waals surface area contributed by atoms with E-state index in [0.29, 0.717) is 17.5 Å². The highest BCUT2D eigenvalue weighted by Gasteiger charge is 2.08. The molecule has 0 atom stereocenters. The molecule has 0 fully saturated rings. The Morgan fingerprint density at radius 3 is 2.65 bits per heavy atom. The lowest BCUT2D eigenvalue weighted by atomic mass is 10.1. The Labute approximate surface area is 98.8 Å². The summed E-state index contributed by atoms with van der Waals surface area (Å²) in [6, 6.07) is 3.22. The maximum Gasteiger partial charge on any atom is 0.305 e. The first-order valence-corrected chi connectivity index (χ1v) is 5.14. The van der Waals surface area contributed by atoms with E-state index in [-0.39, 0.29) is 25.0 Å². The van der Waals surface area contributed by atoms with Gasteiger partial charge in [-0.3, -0.25) is 19.4 Å². The number of hydrogen-bond acceptors (Lipinski definition) is 5. The van der Waals surface area contributed by atoms with Crippen molar-refractivity contribution in [2.75, 3.05) is 7.11 Å². The third-order valence-electron chi connectivity index (χ3n) is 2.20. The summed E-state index contributed by atoms with van der Waals surface area (Å²) in [5.74, 6) is -0.482. The van der Waals surface area contributed by atoms with E-state index in [0.717, 1.165) is 0 Å². The Hall–Kier alpha value is -2.04. The minimum absolute atomic E-state index is 0.0817. The molecule has 1 aromatic heterocycles. The number of carbonyl (C=O) groups excluding carboxylic acids is 3. The van der Waals surface area contributed by atoms with Crippen LogP contribution in [0.25, 0.3) is 0 Å². The van der Waals surface area contributed by atoms with Gasteiger partial charge in [-0.25, -0.2) is 0 Å². The zero-order valence-corrected chi connectivity index (χ0v) is 9.51. The molecule has 0 saturated heterocycles. The van der Waals surface area contributed by atoms with E-state index in [4.69, 9.17) is 0 Å². The van der Waals surface area contributed by atoms with Crippen LogP contribution in [0.3, 0.4) is 0 Å². The second-order valence-corrected chi connectivity index (χ2v) is 3.49. The van der Waals surface area contributed by atoms with Crippen LogP contribution in [0.4, 0.5) is 0 Å². The molecule has 0 aliphatic heterocycles. The Kier molecular flexibility index (Phi) is 5.00. The Morgan fingerprint density at radius 2 is 2.12 bits per heavy atom. The molecule has 0 spiro atoms. The van der Waals surface area contributed by atoms with Crippen LogP contribution in [0.2, 0.25) is 0 Å². The molecule has 1 aromatic rings. The average molecular weight is 235 g/mol. The van der Waals surface area contributed by atoms with Crippen molar-refractivity contribution < 1.29 is 19.1 Å². The lowest BCUT2D eigenvalue weighted by Crippen LogP contribution is -2.08. The van der Waals surface area contributed by atoms with Crippen molar-refractivity contribution >= 4 is 18.0 Å². The zero-order chi connectivity index (χ0) is 12.7. The number of rotatable bonds is 6. The summed E-state index contributed by atoms with van der Waals surface area (Å²) in [6.07, 6.45) is 2.49. The second kappa shape index (κ2) is 6.52. The lowest BCUT2D eigenvalue weighted by molar-refractivity contribution is -0.141. The Bertz CT molecular complexity index is 411. The van der Waals surface area contributed by atoms with E-state index >= 15 is 0 Å². The van der Waals surface area contributed by atoms with E-state index in [2.05, 4.69) is 9.72 Å². The summed E-state index contributed by atoms with van der Waals surface area (Å²) in [5.41, 5.74) is 1.06. The van der Waals surface area contributed by atoms with Crippen molar-refractivity contribution in [2.24, 2.45) is 0 Å². The molecule has 0 N–H and O–H groups in total. The molecule has 17 heavy (non-hydrogen) atoms. The van der Waals surface area contributed by atoms with Crippen molar-refractivity contribution in [3.05, 3.63) is 29.6 Å². The molecule has 1 heterocycles. The van der Waals surface area contributed by atoms with Gasteiger partial charge in [-0.2, -0.15) is 0 Å². The van der Waals surface area contributed by atoms with Crippen LogP contribution in [-0.2, 0) is 20.7 Å². The van der Waals surface area contributed by atoms with Gasteiger partial charge in [0.2, 0.25) is 0 Å². The number of aldehydes is 1. The molecular formula is C12H13NO4. The minimum atomic E-state index is -0.400. The number of carbonyl (C=O) groups is 3. The van der Waals surface area contributed by atoms with Crippen molar-refractivity contribution in [1.82, 2.24) is 4.98 Å². The van der Waals surface area contributed by atoms with Crippen molar-refractivity contribution in [1.29, 1.82) is 0 Å². The first kappa shape index (κ1) is 13.0. The molecule has 0 amide bonds. The predicted molar refractivity (Wildman–Crippen MR) is 59.6 cm³/mol. The summed E-state index contributed by atoms with van der Waals surface area (Å²) in [6.45, 7) is 0. The summed E-state index contributed by atoms with van der Waals surface area (Å²) in [5, 5.41) is 0. The monoisotopic (exact) mass is 235 g/mol. The van der Waals surface area contributed by atoms with Gasteiger partial charge in [-0.1, -0.05) is 0 Å². The SMILES string of the molecule is COC(=O)CCC(=O)Cc1ccc(C=O)cn1. The third kappa shape index (κ3) is 4.55. The molecule has 0 radical (unpaired) electrons. The van der Waals surface area contributed by atoms with Crippen LogP contribution in [0.1, 0.15) is 28.9 Å². The fourth-order valence-electron chi connectivity index (χ4n) is 1.24. The average Bonchev–Trinajstić information content (AvgIpc) is 2.36. The van der Waals surface area contributed by atoms with Gasteiger partial charge >= 0.3 is 5.97 Å². The Balaban J connectivity index is 2.44. The maximum atomic E-state index is 11.5. The number of nitrogens with zero attached hydrogens (tertiary/aromatic N) is 1. The van der Waals surface area contributed by atoms with E-state index in [9.17, 15) is 14.4 Å². The second-order valence-electron chi connectivity index (χ2n) is 3.49. The van der Waals surface area contributed by atoms with Crippen molar-refractivity contribution in [3.8, 4) is 0 Å². The number of Topliss-reactive ketones (excluding diaryl/α,β-unsaturated/α-hetero) is 1. The van der Waals surface area contributed by atoms with Gasteiger partial charge in [0.15, 0.2) is 6.29 Å². The van der Waals surface area contributed by atoms with E-state index in [1.54, 1.807) is 12.1 Å². The maximum absolute atomic E-state index is 11.5. The predicted octanol–water partition coefficient (Wildman–Crippen LogP) is 0.959. The zero-order valence-electron chi connectivity index (χ0n) is 9.51. The van der Waals surface area contributed by atoms with E-state index in [1.807, 2.05) is 0 Å². The highest BCUT2D eigenvalue weighted by atomic mass is 16.5. The molecule has 0 aliphatic rings. The number of methoxy groups -OCH3 is 1. The van der Waals surface area contributed by atoms with Crippen molar-refractivity contribution in [3.63, 3.8) is 0 Å². The molecule has 0 saturated carbocycles. The number of hydrogen-bond donors (Lipinski definition) is 0. The van der Waals surface area contributed by atoms with Gasteiger partial charge in [-0.05, 0) is 12.1 Å². The van der Waals surface area contributed by atoms with Crippen LogP contribution in [0.5, 0.6) is 0 Å². The smallest absolute Gasteiger partial charge is 0.305 e. The largest absolute Gasteiger partial charge is 0.469 e. The molecule has 90 valence electrons. The molecular weight excluding hydrogens is 222 g/mol. The highest BCUT2D eigenvalue weighted by Crippen LogP contribution is 2.03. The molecule has 0 aliphatic carbocycles. The summed E-state index contributed by atoms with van der Waals surface area (Å²) in [7, 11) is 1.28. The van der Waals surface area contributed by atoms with E-state index < -0.39 is 5.97 Å². The van der Waals surface area contributed by atoms with Gasteiger partial charge in [0.05, 0.1) is 13.5 Å². The van der Waals surface area contributed by atoms with Gasteiger partial charge in [0.1, 0.15) is 5.78 Å². The Morgan fingerprint density at radius 1 is 1.35 bits per heavy atom.